The Balaban J connectivity index is 2.57. The monoisotopic (exact) mass is 169 g/mol. The molecule has 1 fully saturated rings. The maximum atomic E-state index is 12.0. The minimum atomic E-state index is -4.25. The Morgan fingerprint density at radius 2 is 2.09 bits per heavy atom. The van der Waals surface area contributed by atoms with Crippen molar-refractivity contribution in [2.45, 2.75) is 18.7 Å². The molecule has 0 amide bonds. The van der Waals surface area contributed by atoms with E-state index in [9.17, 15) is 13.2 Å². The van der Waals surface area contributed by atoms with Gasteiger partial charge in [-0.05, 0) is 13.0 Å². The number of ether oxygens (including phenoxy) is 1. The molecule has 0 aromatic rings. The average Bonchev–Trinajstić information content (AvgIpc) is 2.31. The Hall–Kier alpha value is -0.290. The summed E-state index contributed by atoms with van der Waals surface area (Å²) in [6.07, 6.45) is -5.46. The number of halogens is 3. The molecule has 66 valence electrons. The third kappa shape index (κ3) is 1.84. The summed E-state index contributed by atoms with van der Waals surface area (Å²) in [5.74, 6) is -0.546. The van der Waals surface area contributed by atoms with Gasteiger partial charge in [0.25, 0.3) is 0 Å². The van der Waals surface area contributed by atoms with Crippen LogP contribution in [0.2, 0.25) is 0 Å². The lowest BCUT2D eigenvalue weighted by Gasteiger charge is -2.19. The summed E-state index contributed by atoms with van der Waals surface area (Å²) in [6.45, 7) is 0.218. The van der Waals surface area contributed by atoms with Crippen LogP contribution in [-0.4, -0.2) is 25.4 Å². The molecule has 0 radical (unpaired) electrons. The lowest BCUT2D eigenvalue weighted by Crippen LogP contribution is -2.36. The molecule has 0 aromatic carbocycles. The van der Waals surface area contributed by atoms with Crippen LogP contribution < -0.4 is 5.73 Å². The molecule has 0 bridgehead atoms. The molecule has 1 heterocycles. The first-order valence-corrected chi connectivity index (χ1v) is 3.44. The normalized spacial score (nSPS) is 32.7. The Morgan fingerprint density at radius 3 is 2.45 bits per heavy atom. The van der Waals surface area contributed by atoms with E-state index in [0.717, 1.165) is 0 Å². The summed E-state index contributed by atoms with van der Waals surface area (Å²) in [5, 5.41) is 0. The van der Waals surface area contributed by atoms with Crippen LogP contribution in [0.25, 0.3) is 0 Å². The van der Waals surface area contributed by atoms with E-state index in [4.69, 9.17) is 5.73 Å². The Bertz CT molecular complexity index is 136. The average molecular weight is 169 g/mol. The maximum Gasteiger partial charge on any atom is 0.414 e. The third-order valence-corrected chi connectivity index (χ3v) is 1.84. The van der Waals surface area contributed by atoms with Crippen molar-refractivity contribution in [3.8, 4) is 0 Å². The van der Waals surface area contributed by atoms with Gasteiger partial charge in [0.05, 0.1) is 0 Å². The summed E-state index contributed by atoms with van der Waals surface area (Å²) < 4.78 is 40.6. The van der Waals surface area contributed by atoms with Crippen molar-refractivity contribution >= 4 is 0 Å². The van der Waals surface area contributed by atoms with Crippen molar-refractivity contribution in [3.63, 3.8) is 0 Å². The van der Waals surface area contributed by atoms with Gasteiger partial charge in [-0.2, -0.15) is 13.2 Å². The first-order valence-electron chi connectivity index (χ1n) is 3.44. The molecular weight excluding hydrogens is 159 g/mol. The van der Waals surface area contributed by atoms with Gasteiger partial charge in [-0.15, -0.1) is 0 Å². The highest BCUT2D eigenvalue weighted by Crippen LogP contribution is 2.33. The summed E-state index contributed by atoms with van der Waals surface area (Å²) in [5.41, 5.74) is 5.14. The van der Waals surface area contributed by atoms with Gasteiger partial charge in [0, 0.05) is 12.5 Å². The molecule has 1 aliphatic heterocycles. The zero-order valence-corrected chi connectivity index (χ0v) is 5.90. The molecule has 1 rings (SSSR count). The van der Waals surface area contributed by atoms with Crippen LogP contribution in [0.4, 0.5) is 13.2 Å². The van der Waals surface area contributed by atoms with Crippen LogP contribution in [0.5, 0.6) is 0 Å². The zero-order chi connectivity index (χ0) is 8.48. The minimum absolute atomic E-state index is 0.0458. The molecular formula is C6H10F3NO. The van der Waals surface area contributed by atoms with Crippen LogP contribution >= 0.6 is 0 Å². The Morgan fingerprint density at radius 1 is 1.45 bits per heavy atom. The van der Waals surface area contributed by atoms with E-state index in [2.05, 4.69) is 4.74 Å². The lowest BCUT2D eigenvalue weighted by molar-refractivity contribution is -0.215. The van der Waals surface area contributed by atoms with Crippen LogP contribution in [-0.2, 0) is 4.74 Å². The van der Waals surface area contributed by atoms with E-state index >= 15 is 0 Å². The SMILES string of the molecule is NC[C@H]1CCO[C@@H]1C(F)(F)F. The van der Waals surface area contributed by atoms with E-state index in [0.29, 0.717) is 6.42 Å². The van der Waals surface area contributed by atoms with Crippen LogP contribution in [0.15, 0.2) is 0 Å². The molecule has 5 heteroatoms. The van der Waals surface area contributed by atoms with Crippen molar-refractivity contribution in [1.29, 1.82) is 0 Å². The second kappa shape index (κ2) is 2.98. The van der Waals surface area contributed by atoms with E-state index in [1.807, 2.05) is 0 Å². The Labute approximate surface area is 62.5 Å². The molecule has 0 unspecified atom stereocenters. The van der Waals surface area contributed by atoms with Gasteiger partial charge in [-0.25, -0.2) is 0 Å². The van der Waals surface area contributed by atoms with Gasteiger partial charge in [0.1, 0.15) is 0 Å². The van der Waals surface area contributed by atoms with Gasteiger partial charge in [-0.1, -0.05) is 0 Å². The number of alkyl halides is 3. The fraction of sp³-hybridized carbons (Fsp3) is 1.00. The standard InChI is InChI=1S/C6H10F3NO/c7-6(8,9)5-4(3-10)1-2-11-5/h4-5H,1-3,10H2/t4-,5+/m1/s1. The first-order chi connectivity index (χ1) is 5.05. The first kappa shape index (κ1) is 8.80. The van der Waals surface area contributed by atoms with Gasteiger partial charge < -0.3 is 10.5 Å². The second-order valence-corrected chi connectivity index (χ2v) is 2.62. The molecule has 0 saturated carbocycles. The molecule has 2 N–H and O–H groups in total. The van der Waals surface area contributed by atoms with Crippen molar-refractivity contribution in [2.75, 3.05) is 13.2 Å². The summed E-state index contributed by atoms with van der Waals surface area (Å²) in [7, 11) is 0. The van der Waals surface area contributed by atoms with E-state index < -0.39 is 18.2 Å². The summed E-state index contributed by atoms with van der Waals surface area (Å²) in [6, 6.07) is 0. The molecule has 1 aliphatic rings. The largest absolute Gasteiger partial charge is 0.414 e. The number of nitrogens with two attached hydrogens (primary N) is 1. The molecule has 2 nitrogen and oxygen atoms in total. The van der Waals surface area contributed by atoms with Crippen molar-refractivity contribution in [3.05, 3.63) is 0 Å². The predicted molar refractivity (Wildman–Crippen MR) is 33.0 cm³/mol. The third-order valence-electron chi connectivity index (χ3n) is 1.84. The second-order valence-electron chi connectivity index (χ2n) is 2.62. The highest BCUT2D eigenvalue weighted by molar-refractivity contribution is 4.82. The highest BCUT2D eigenvalue weighted by atomic mass is 19.4. The van der Waals surface area contributed by atoms with Gasteiger partial charge in [-0.3, -0.25) is 0 Å². The van der Waals surface area contributed by atoms with Gasteiger partial charge in [0.2, 0.25) is 0 Å². The zero-order valence-electron chi connectivity index (χ0n) is 5.90. The maximum absolute atomic E-state index is 12.0. The molecule has 11 heavy (non-hydrogen) atoms. The van der Waals surface area contributed by atoms with Crippen molar-refractivity contribution < 1.29 is 17.9 Å². The summed E-state index contributed by atoms with van der Waals surface area (Å²) >= 11 is 0. The topological polar surface area (TPSA) is 35.2 Å². The minimum Gasteiger partial charge on any atom is -0.368 e. The molecule has 0 aliphatic carbocycles. The van der Waals surface area contributed by atoms with Crippen molar-refractivity contribution in [2.24, 2.45) is 11.7 Å². The van der Waals surface area contributed by atoms with Gasteiger partial charge >= 0.3 is 6.18 Å². The highest BCUT2D eigenvalue weighted by Gasteiger charge is 2.47. The van der Waals surface area contributed by atoms with Crippen molar-refractivity contribution in [1.82, 2.24) is 0 Å². The predicted octanol–water partition coefficient (Wildman–Crippen LogP) is 0.912. The van der Waals surface area contributed by atoms with Gasteiger partial charge in [0.15, 0.2) is 6.10 Å². The fourth-order valence-corrected chi connectivity index (χ4v) is 1.24. The summed E-state index contributed by atoms with van der Waals surface area (Å²) in [4.78, 5) is 0. The van der Waals surface area contributed by atoms with E-state index in [-0.39, 0.29) is 13.2 Å². The smallest absolute Gasteiger partial charge is 0.368 e. The number of hydrogen-bond acceptors (Lipinski definition) is 2. The quantitative estimate of drug-likeness (QED) is 0.633. The van der Waals surface area contributed by atoms with E-state index in [1.165, 1.54) is 0 Å². The van der Waals surface area contributed by atoms with Crippen LogP contribution in [0.1, 0.15) is 6.42 Å². The molecule has 1 saturated heterocycles. The number of rotatable bonds is 1. The Kier molecular flexibility index (Phi) is 2.39. The van der Waals surface area contributed by atoms with Crippen LogP contribution in [0.3, 0.4) is 0 Å². The number of hydrogen-bond donors (Lipinski definition) is 1. The van der Waals surface area contributed by atoms with E-state index in [1.54, 1.807) is 0 Å². The molecule has 2 atom stereocenters. The lowest BCUT2D eigenvalue weighted by atomic mass is 10.0. The van der Waals surface area contributed by atoms with Crippen LogP contribution in [0, 0.1) is 5.92 Å². The molecule has 0 aromatic heterocycles. The fourth-order valence-electron chi connectivity index (χ4n) is 1.24. The molecule has 0 spiro atoms.